The van der Waals surface area contributed by atoms with Crippen LogP contribution < -0.4 is 10.1 Å². The second-order valence-electron chi connectivity index (χ2n) is 6.55. The molecule has 0 spiro atoms. The smallest absolute Gasteiger partial charge is 0.256 e. The summed E-state index contributed by atoms with van der Waals surface area (Å²) >= 11 is 6.18. The van der Waals surface area contributed by atoms with Gasteiger partial charge in [0.2, 0.25) is 0 Å². The van der Waals surface area contributed by atoms with Gasteiger partial charge in [-0.2, -0.15) is 0 Å². The summed E-state index contributed by atoms with van der Waals surface area (Å²) in [6.45, 7) is 1.87. The number of hydrogen-bond donors (Lipinski definition) is 1. The van der Waals surface area contributed by atoms with Crippen LogP contribution in [0, 0.1) is 6.92 Å². The molecule has 0 aliphatic rings. The monoisotopic (exact) mass is 403 g/mol. The van der Waals surface area contributed by atoms with Gasteiger partial charge in [0.05, 0.1) is 29.6 Å². The minimum atomic E-state index is -0.267. The second-order valence-corrected chi connectivity index (χ2v) is 6.91. The number of rotatable bonds is 4. The number of halogens is 1. The van der Waals surface area contributed by atoms with Crippen LogP contribution in [0.4, 0.5) is 5.69 Å². The van der Waals surface area contributed by atoms with Crippen molar-refractivity contribution in [3.8, 4) is 17.0 Å². The summed E-state index contributed by atoms with van der Waals surface area (Å²) in [6, 6.07) is 18.7. The molecule has 4 rings (SSSR count). The second kappa shape index (κ2) is 7.89. The number of fused-ring (bicyclic) bond motifs is 1. The van der Waals surface area contributed by atoms with Gasteiger partial charge in [-0.1, -0.05) is 29.8 Å². The number of hydrogen-bond acceptors (Lipinski definition) is 4. The molecule has 0 aliphatic heterocycles. The van der Waals surface area contributed by atoms with E-state index in [9.17, 15) is 4.79 Å². The Morgan fingerprint density at radius 1 is 1.07 bits per heavy atom. The average molecular weight is 404 g/mol. The number of para-hydroxylation sites is 1. The summed E-state index contributed by atoms with van der Waals surface area (Å²) in [5.74, 6) is 0.491. The Kier molecular flexibility index (Phi) is 5.14. The maximum atomic E-state index is 13.2. The van der Waals surface area contributed by atoms with E-state index in [-0.39, 0.29) is 11.1 Å². The van der Waals surface area contributed by atoms with E-state index in [1.807, 2.05) is 55.5 Å². The highest BCUT2D eigenvalue weighted by atomic mass is 35.5. The van der Waals surface area contributed by atoms with Gasteiger partial charge in [0.1, 0.15) is 5.75 Å². The number of benzene rings is 2. The molecule has 1 amide bonds. The third-order valence-electron chi connectivity index (χ3n) is 4.70. The molecule has 2 aromatic heterocycles. The maximum absolute atomic E-state index is 13.2. The zero-order valence-electron chi connectivity index (χ0n) is 15.9. The van der Waals surface area contributed by atoms with Crippen LogP contribution in [0.5, 0.6) is 5.75 Å². The van der Waals surface area contributed by atoms with Crippen molar-refractivity contribution in [1.82, 2.24) is 9.97 Å². The topological polar surface area (TPSA) is 64.1 Å². The number of aromatic nitrogens is 2. The Labute approximate surface area is 173 Å². The SMILES string of the molecule is COc1ccc(-c2cc(C(=O)Nc3c(C)ccnc3Cl)c3ccccc3n2)cc1. The average Bonchev–Trinajstić information content (AvgIpc) is 2.75. The molecule has 1 N–H and O–H groups in total. The summed E-state index contributed by atoms with van der Waals surface area (Å²) in [7, 11) is 1.62. The minimum Gasteiger partial charge on any atom is -0.497 e. The van der Waals surface area contributed by atoms with Crippen molar-refractivity contribution < 1.29 is 9.53 Å². The lowest BCUT2D eigenvalue weighted by Gasteiger charge is -2.13. The number of methoxy groups -OCH3 is 1. The van der Waals surface area contributed by atoms with E-state index >= 15 is 0 Å². The lowest BCUT2D eigenvalue weighted by atomic mass is 10.0. The molecule has 2 heterocycles. The number of anilines is 1. The van der Waals surface area contributed by atoms with Crippen molar-refractivity contribution in [2.24, 2.45) is 0 Å². The number of nitrogens with one attached hydrogen (secondary N) is 1. The van der Waals surface area contributed by atoms with Crippen molar-refractivity contribution in [3.63, 3.8) is 0 Å². The molecule has 0 fully saturated rings. The first-order valence-electron chi connectivity index (χ1n) is 9.03. The van der Waals surface area contributed by atoms with E-state index in [4.69, 9.17) is 21.3 Å². The molecule has 0 unspecified atom stereocenters. The maximum Gasteiger partial charge on any atom is 0.256 e. The molecular weight excluding hydrogens is 386 g/mol. The highest BCUT2D eigenvalue weighted by molar-refractivity contribution is 6.33. The first-order valence-corrected chi connectivity index (χ1v) is 9.41. The molecule has 2 aromatic carbocycles. The third kappa shape index (κ3) is 3.77. The first-order chi connectivity index (χ1) is 14.1. The lowest BCUT2D eigenvalue weighted by Crippen LogP contribution is -2.14. The fourth-order valence-electron chi connectivity index (χ4n) is 3.13. The fraction of sp³-hybridized carbons (Fsp3) is 0.0870. The van der Waals surface area contributed by atoms with E-state index in [2.05, 4.69) is 10.3 Å². The van der Waals surface area contributed by atoms with Crippen LogP contribution >= 0.6 is 11.6 Å². The molecule has 0 atom stereocenters. The molecular formula is C23H18ClN3O2. The predicted molar refractivity (Wildman–Crippen MR) is 116 cm³/mol. The summed E-state index contributed by atoms with van der Waals surface area (Å²) < 4.78 is 5.22. The van der Waals surface area contributed by atoms with Gasteiger partial charge in [-0.25, -0.2) is 9.97 Å². The third-order valence-corrected chi connectivity index (χ3v) is 4.98. The summed E-state index contributed by atoms with van der Waals surface area (Å²) in [4.78, 5) is 22.0. The zero-order chi connectivity index (χ0) is 20.4. The number of nitrogens with zero attached hydrogens (tertiary/aromatic N) is 2. The molecule has 0 saturated heterocycles. The van der Waals surface area contributed by atoms with Gasteiger partial charge in [0.25, 0.3) is 5.91 Å². The van der Waals surface area contributed by atoms with E-state index in [0.717, 1.165) is 27.8 Å². The van der Waals surface area contributed by atoms with Crippen LogP contribution in [-0.4, -0.2) is 23.0 Å². The van der Waals surface area contributed by atoms with Crippen LogP contribution in [0.3, 0.4) is 0 Å². The molecule has 0 aliphatic carbocycles. The Balaban J connectivity index is 1.81. The van der Waals surface area contributed by atoms with Crippen molar-refractivity contribution in [1.29, 1.82) is 0 Å². The summed E-state index contributed by atoms with van der Waals surface area (Å²) in [5, 5.41) is 3.92. The first kappa shape index (κ1) is 18.9. The normalized spacial score (nSPS) is 10.7. The van der Waals surface area contributed by atoms with Crippen LogP contribution in [0.2, 0.25) is 5.15 Å². The fourth-order valence-corrected chi connectivity index (χ4v) is 3.38. The van der Waals surface area contributed by atoms with Gasteiger partial charge in [-0.15, -0.1) is 0 Å². The predicted octanol–water partition coefficient (Wildman–Crippen LogP) is 5.52. The van der Waals surface area contributed by atoms with Gasteiger partial charge >= 0.3 is 0 Å². The van der Waals surface area contributed by atoms with Gasteiger partial charge in [0.15, 0.2) is 5.15 Å². The van der Waals surface area contributed by atoms with Crippen molar-refractivity contribution in [2.75, 3.05) is 12.4 Å². The number of amides is 1. The molecule has 144 valence electrons. The van der Waals surface area contributed by atoms with E-state index in [0.29, 0.717) is 16.9 Å². The van der Waals surface area contributed by atoms with Crippen molar-refractivity contribution in [2.45, 2.75) is 6.92 Å². The molecule has 5 nitrogen and oxygen atoms in total. The Hall–Kier alpha value is -3.44. The van der Waals surface area contributed by atoms with Crippen LogP contribution in [-0.2, 0) is 0 Å². The van der Waals surface area contributed by atoms with Crippen LogP contribution in [0.15, 0.2) is 66.9 Å². The standard InChI is InChI=1S/C23H18ClN3O2/c1-14-11-12-25-22(24)21(14)27-23(28)18-13-20(15-7-9-16(29-2)10-8-15)26-19-6-4-3-5-17(18)19/h3-13H,1-2H3,(H,27,28). The molecule has 29 heavy (non-hydrogen) atoms. The summed E-state index contributed by atoms with van der Waals surface area (Å²) in [5.41, 5.74) is 4.19. The molecule has 0 bridgehead atoms. The number of ether oxygens (including phenoxy) is 1. The van der Waals surface area contributed by atoms with Gasteiger partial charge < -0.3 is 10.1 Å². The molecule has 4 aromatic rings. The van der Waals surface area contributed by atoms with E-state index in [1.54, 1.807) is 25.4 Å². The zero-order valence-corrected chi connectivity index (χ0v) is 16.7. The Morgan fingerprint density at radius 3 is 2.55 bits per heavy atom. The highest BCUT2D eigenvalue weighted by Gasteiger charge is 2.16. The van der Waals surface area contributed by atoms with E-state index in [1.165, 1.54) is 0 Å². The number of aryl methyl sites for hydroxylation is 1. The highest BCUT2D eigenvalue weighted by Crippen LogP contribution is 2.28. The lowest BCUT2D eigenvalue weighted by molar-refractivity contribution is 0.102. The van der Waals surface area contributed by atoms with Gasteiger partial charge in [0, 0.05) is 17.1 Å². The largest absolute Gasteiger partial charge is 0.497 e. The number of pyridine rings is 2. The molecule has 6 heteroatoms. The Bertz CT molecular complexity index is 1190. The Morgan fingerprint density at radius 2 is 1.83 bits per heavy atom. The number of carbonyl (C=O) groups is 1. The van der Waals surface area contributed by atoms with Gasteiger partial charge in [-0.3, -0.25) is 4.79 Å². The van der Waals surface area contributed by atoms with E-state index < -0.39 is 0 Å². The summed E-state index contributed by atoms with van der Waals surface area (Å²) in [6.07, 6.45) is 1.61. The minimum absolute atomic E-state index is 0.257. The van der Waals surface area contributed by atoms with Crippen molar-refractivity contribution in [3.05, 3.63) is 83.1 Å². The molecule has 0 radical (unpaired) electrons. The van der Waals surface area contributed by atoms with Crippen LogP contribution in [0.1, 0.15) is 15.9 Å². The van der Waals surface area contributed by atoms with Crippen molar-refractivity contribution >= 4 is 34.1 Å². The van der Waals surface area contributed by atoms with Gasteiger partial charge in [-0.05, 0) is 55.0 Å². The number of carbonyl (C=O) groups excluding carboxylic acids is 1. The molecule has 0 saturated carbocycles. The van der Waals surface area contributed by atoms with Crippen LogP contribution in [0.25, 0.3) is 22.2 Å². The quantitative estimate of drug-likeness (QED) is 0.456.